The molecule has 0 heterocycles. The summed E-state index contributed by atoms with van der Waals surface area (Å²) < 4.78 is 0. The third-order valence-electron chi connectivity index (χ3n) is 3.40. The summed E-state index contributed by atoms with van der Waals surface area (Å²) in [5.74, 6) is 0.384. The average Bonchev–Trinajstić information content (AvgIpc) is 2.12. The summed E-state index contributed by atoms with van der Waals surface area (Å²) in [6.45, 7) is 9.10. The summed E-state index contributed by atoms with van der Waals surface area (Å²) in [5, 5.41) is 0. The Labute approximate surface area is 85.9 Å². The second kappa shape index (κ2) is 6.51. The fourth-order valence-electron chi connectivity index (χ4n) is 1.62. The highest BCUT2D eigenvalue weighted by atomic mass is 14.2. The molecule has 0 aliphatic heterocycles. The van der Waals surface area contributed by atoms with Gasteiger partial charge in [0.15, 0.2) is 0 Å². The van der Waals surface area contributed by atoms with E-state index in [1.807, 2.05) is 0 Å². The Morgan fingerprint density at radius 1 is 1.15 bits per heavy atom. The second-order valence-corrected chi connectivity index (χ2v) is 4.74. The third kappa shape index (κ3) is 6.18. The molecule has 13 heavy (non-hydrogen) atoms. The van der Waals surface area contributed by atoms with Crippen LogP contribution in [0.1, 0.15) is 66.2 Å². The molecule has 2 radical (unpaired) electrons. The van der Waals surface area contributed by atoms with Crippen LogP contribution in [0.5, 0.6) is 0 Å². The van der Waals surface area contributed by atoms with Crippen molar-refractivity contribution in [3.63, 3.8) is 0 Å². The van der Waals surface area contributed by atoms with Crippen LogP contribution in [-0.2, 0) is 0 Å². The molecule has 1 heteroatoms. The van der Waals surface area contributed by atoms with Crippen molar-refractivity contribution in [1.82, 2.24) is 0 Å². The molecule has 0 amide bonds. The molecule has 76 valence electrons. The minimum absolute atomic E-state index is 0.384. The average molecular weight is 180 g/mol. The van der Waals surface area contributed by atoms with Gasteiger partial charge in [-0.25, -0.2) is 0 Å². The van der Waals surface area contributed by atoms with Gasteiger partial charge in [0.25, 0.3) is 0 Å². The van der Waals surface area contributed by atoms with Crippen LogP contribution >= 0.6 is 0 Å². The molecule has 0 saturated heterocycles. The van der Waals surface area contributed by atoms with Crippen LogP contribution in [0.15, 0.2) is 0 Å². The van der Waals surface area contributed by atoms with Gasteiger partial charge in [-0.05, 0) is 11.8 Å². The predicted octanol–water partition coefficient (Wildman–Crippen LogP) is 4.35. The largest absolute Gasteiger partial charge is 0.0802 e. The van der Waals surface area contributed by atoms with Crippen molar-refractivity contribution >= 4 is 7.85 Å². The van der Waals surface area contributed by atoms with E-state index < -0.39 is 0 Å². The SMILES string of the molecule is [B][C@@H](C)CCCCC(C)(CC)CC. The van der Waals surface area contributed by atoms with E-state index in [2.05, 4.69) is 27.7 Å². The minimum Gasteiger partial charge on any atom is -0.0802 e. The van der Waals surface area contributed by atoms with Gasteiger partial charge in [0.2, 0.25) is 0 Å². The van der Waals surface area contributed by atoms with Gasteiger partial charge in [-0.3, -0.25) is 0 Å². The van der Waals surface area contributed by atoms with Gasteiger partial charge in [0, 0.05) is 0 Å². The van der Waals surface area contributed by atoms with Gasteiger partial charge in [-0.2, -0.15) is 0 Å². The van der Waals surface area contributed by atoms with E-state index in [9.17, 15) is 0 Å². The lowest BCUT2D eigenvalue weighted by atomic mass is 9.78. The summed E-state index contributed by atoms with van der Waals surface area (Å²) in [4.78, 5) is 0. The van der Waals surface area contributed by atoms with Crippen molar-refractivity contribution < 1.29 is 0 Å². The zero-order valence-corrected chi connectivity index (χ0v) is 9.90. The Hall–Kier alpha value is 0.0649. The molecule has 0 saturated carbocycles. The van der Waals surface area contributed by atoms with E-state index in [0.717, 1.165) is 0 Å². The van der Waals surface area contributed by atoms with Crippen molar-refractivity contribution in [3.8, 4) is 0 Å². The highest BCUT2D eigenvalue weighted by Crippen LogP contribution is 2.32. The Morgan fingerprint density at radius 2 is 1.69 bits per heavy atom. The normalized spacial score (nSPS) is 14.5. The maximum atomic E-state index is 5.71. The maximum absolute atomic E-state index is 5.71. The van der Waals surface area contributed by atoms with E-state index >= 15 is 0 Å². The monoisotopic (exact) mass is 180 g/mol. The zero-order valence-electron chi connectivity index (χ0n) is 9.90. The maximum Gasteiger partial charge on any atom is 0.0695 e. The number of hydrogen-bond acceptors (Lipinski definition) is 0. The van der Waals surface area contributed by atoms with E-state index in [4.69, 9.17) is 7.85 Å². The molecular formula is C12H25B. The second-order valence-electron chi connectivity index (χ2n) is 4.74. The van der Waals surface area contributed by atoms with E-state index in [1.165, 1.54) is 38.5 Å². The fraction of sp³-hybridized carbons (Fsp3) is 1.00. The van der Waals surface area contributed by atoms with Crippen LogP contribution in [-0.4, -0.2) is 7.85 Å². The van der Waals surface area contributed by atoms with E-state index in [1.54, 1.807) is 0 Å². The summed E-state index contributed by atoms with van der Waals surface area (Å²) in [6, 6.07) is 0. The van der Waals surface area contributed by atoms with Crippen LogP contribution in [0.25, 0.3) is 0 Å². The Morgan fingerprint density at radius 3 is 2.08 bits per heavy atom. The summed E-state index contributed by atoms with van der Waals surface area (Å²) in [5.41, 5.74) is 0.581. The smallest absolute Gasteiger partial charge is 0.0695 e. The van der Waals surface area contributed by atoms with Crippen LogP contribution < -0.4 is 0 Å². The first-order valence-electron chi connectivity index (χ1n) is 5.79. The fourth-order valence-corrected chi connectivity index (χ4v) is 1.62. The predicted molar refractivity (Wildman–Crippen MR) is 62.3 cm³/mol. The van der Waals surface area contributed by atoms with Gasteiger partial charge in [0.05, 0.1) is 7.85 Å². The molecule has 0 aromatic rings. The van der Waals surface area contributed by atoms with E-state index in [-0.39, 0.29) is 0 Å². The van der Waals surface area contributed by atoms with Crippen LogP contribution in [0, 0.1) is 5.41 Å². The first-order chi connectivity index (χ1) is 6.04. The topological polar surface area (TPSA) is 0 Å². The molecular weight excluding hydrogens is 155 g/mol. The van der Waals surface area contributed by atoms with Gasteiger partial charge in [0.1, 0.15) is 0 Å². The Bertz CT molecular complexity index is 114. The molecule has 0 aromatic heterocycles. The van der Waals surface area contributed by atoms with Crippen molar-refractivity contribution in [2.75, 3.05) is 0 Å². The summed E-state index contributed by atoms with van der Waals surface area (Å²) >= 11 is 0. The molecule has 0 N–H and O–H groups in total. The van der Waals surface area contributed by atoms with E-state index in [0.29, 0.717) is 11.2 Å². The van der Waals surface area contributed by atoms with Gasteiger partial charge >= 0.3 is 0 Å². The lowest BCUT2D eigenvalue weighted by molar-refractivity contribution is 0.262. The standard InChI is InChI=1S/C12H25B/c1-5-12(4,6-2)10-8-7-9-11(3)13/h11H,5-10H2,1-4H3/t11-/m0/s1. The number of rotatable bonds is 7. The van der Waals surface area contributed by atoms with Crippen LogP contribution in [0.3, 0.4) is 0 Å². The lowest BCUT2D eigenvalue weighted by Crippen LogP contribution is -2.13. The molecule has 0 nitrogen and oxygen atoms in total. The van der Waals surface area contributed by atoms with Gasteiger partial charge in [-0.1, -0.05) is 65.6 Å². The molecule has 1 atom stereocenters. The Kier molecular flexibility index (Phi) is 6.54. The molecule has 0 aromatic carbocycles. The zero-order chi connectivity index (χ0) is 10.3. The lowest BCUT2D eigenvalue weighted by Gasteiger charge is -2.26. The number of hydrogen-bond donors (Lipinski definition) is 0. The molecule has 0 fully saturated rings. The molecule has 0 aliphatic rings. The van der Waals surface area contributed by atoms with Crippen molar-refractivity contribution in [1.29, 1.82) is 0 Å². The van der Waals surface area contributed by atoms with Crippen LogP contribution in [0.2, 0.25) is 5.82 Å². The molecule has 0 bridgehead atoms. The van der Waals surface area contributed by atoms with Gasteiger partial charge in [-0.15, -0.1) is 0 Å². The number of unbranched alkanes of at least 4 members (excludes halogenated alkanes) is 1. The third-order valence-corrected chi connectivity index (χ3v) is 3.40. The van der Waals surface area contributed by atoms with Crippen molar-refractivity contribution in [2.24, 2.45) is 5.41 Å². The molecule has 0 unspecified atom stereocenters. The Balaban J connectivity index is 3.50. The van der Waals surface area contributed by atoms with Gasteiger partial charge < -0.3 is 0 Å². The van der Waals surface area contributed by atoms with Crippen molar-refractivity contribution in [3.05, 3.63) is 0 Å². The molecule has 0 spiro atoms. The quantitative estimate of drug-likeness (QED) is 0.403. The van der Waals surface area contributed by atoms with Crippen molar-refractivity contribution in [2.45, 2.75) is 72.0 Å². The molecule has 0 aliphatic carbocycles. The first kappa shape index (κ1) is 13.1. The van der Waals surface area contributed by atoms with Crippen LogP contribution in [0.4, 0.5) is 0 Å². The highest BCUT2D eigenvalue weighted by molar-refractivity contribution is 6.11. The highest BCUT2D eigenvalue weighted by Gasteiger charge is 2.18. The first-order valence-corrected chi connectivity index (χ1v) is 5.79. The summed E-state index contributed by atoms with van der Waals surface area (Å²) in [6.07, 6.45) is 7.81. The molecule has 0 rings (SSSR count). The minimum atomic E-state index is 0.384. The summed E-state index contributed by atoms with van der Waals surface area (Å²) in [7, 11) is 5.71.